The molecule has 0 spiro atoms. The van der Waals surface area contributed by atoms with Gasteiger partial charge in [-0.05, 0) is 25.3 Å². The molecule has 0 aliphatic heterocycles. The first-order valence-electron chi connectivity index (χ1n) is 6.82. The maximum Gasteiger partial charge on any atom is 0.258 e. The van der Waals surface area contributed by atoms with Crippen LogP contribution in [0.25, 0.3) is 0 Å². The van der Waals surface area contributed by atoms with E-state index in [9.17, 15) is 9.90 Å². The van der Waals surface area contributed by atoms with E-state index in [1.54, 1.807) is 6.07 Å². The van der Waals surface area contributed by atoms with Gasteiger partial charge in [0.2, 0.25) is 0 Å². The molecule has 1 aliphatic rings. The maximum absolute atomic E-state index is 11.8. The van der Waals surface area contributed by atoms with Crippen LogP contribution < -0.4 is 10.1 Å². The highest BCUT2D eigenvalue weighted by atomic mass is 16.5. The zero-order valence-corrected chi connectivity index (χ0v) is 11.3. The van der Waals surface area contributed by atoms with E-state index in [-0.39, 0.29) is 19.1 Å². The number of amides is 1. The van der Waals surface area contributed by atoms with E-state index < -0.39 is 0 Å². The Morgan fingerprint density at radius 3 is 2.84 bits per heavy atom. The Hall–Kier alpha value is -1.55. The summed E-state index contributed by atoms with van der Waals surface area (Å²) in [5, 5.41) is 12.2. The normalized spacial score (nSPS) is 15.5. The van der Waals surface area contributed by atoms with Gasteiger partial charge in [-0.2, -0.15) is 0 Å². The molecule has 19 heavy (non-hydrogen) atoms. The van der Waals surface area contributed by atoms with E-state index >= 15 is 0 Å². The fraction of sp³-hybridized carbons (Fsp3) is 0.533. The topological polar surface area (TPSA) is 58.6 Å². The Labute approximate surface area is 113 Å². The third-order valence-electron chi connectivity index (χ3n) is 3.53. The molecule has 4 heteroatoms. The molecule has 1 amide bonds. The van der Waals surface area contributed by atoms with Crippen LogP contribution >= 0.6 is 0 Å². The Kier molecular flexibility index (Phi) is 4.80. The van der Waals surface area contributed by atoms with E-state index in [1.807, 2.05) is 19.1 Å². The minimum absolute atomic E-state index is 0.00829. The molecule has 1 aromatic rings. The molecule has 2 rings (SSSR count). The van der Waals surface area contributed by atoms with Gasteiger partial charge in [0, 0.05) is 11.6 Å². The Morgan fingerprint density at radius 1 is 1.42 bits per heavy atom. The number of benzene rings is 1. The van der Waals surface area contributed by atoms with Crippen LogP contribution in [0.15, 0.2) is 18.2 Å². The van der Waals surface area contributed by atoms with Gasteiger partial charge in [0.1, 0.15) is 5.75 Å². The quantitative estimate of drug-likeness (QED) is 0.853. The highest BCUT2D eigenvalue weighted by molar-refractivity contribution is 5.78. The van der Waals surface area contributed by atoms with Crippen molar-refractivity contribution in [2.75, 3.05) is 6.61 Å². The largest absolute Gasteiger partial charge is 0.483 e. The number of hydrogen-bond donors (Lipinski definition) is 2. The molecule has 0 radical (unpaired) electrons. The van der Waals surface area contributed by atoms with Gasteiger partial charge in [-0.1, -0.05) is 31.0 Å². The number of hydrogen-bond acceptors (Lipinski definition) is 3. The van der Waals surface area contributed by atoms with Crippen LogP contribution in [0, 0.1) is 6.92 Å². The lowest BCUT2D eigenvalue weighted by Crippen LogP contribution is -2.36. The fourth-order valence-electron chi connectivity index (χ4n) is 2.52. The smallest absolute Gasteiger partial charge is 0.258 e. The van der Waals surface area contributed by atoms with E-state index in [4.69, 9.17) is 4.74 Å². The summed E-state index contributed by atoms with van der Waals surface area (Å²) in [7, 11) is 0. The zero-order chi connectivity index (χ0) is 13.7. The van der Waals surface area contributed by atoms with Gasteiger partial charge in [0.25, 0.3) is 5.91 Å². The average molecular weight is 263 g/mol. The third kappa shape index (κ3) is 3.70. The Bertz CT molecular complexity index is 439. The number of aliphatic hydroxyl groups excluding tert-OH is 1. The van der Waals surface area contributed by atoms with E-state index in [2.05, 4.69) is 5.32 Å². The molecule has 2 N–H and O–H groups in total. The maximum atomic E-state index is 11.8. The lowest BCUT2D eigenvalue weighted by Gasteiger charge is -2.15. The molecular formula is C15H21NO3. The van der Waals surface area contributed by atoms with Gasteiger partial charge in [-0.15, -0.1) is 0 Å². The molecule has 4 nitrogen and oxygen atoms in total. The van der Waals surface area contributed by atoms with Gasteiger partial charge >= 0.3 is 0 Å². The summed E-state index contributed by atoms with van der Waals surface area (Å²) in [6.45, 7) is 1.83. The van der Waals surface area contributed by atoms with Crippen molar-refractivity contribution in [3.05, 3.63) is 29.3 Å². The van der Waals surface area contributed by atoms with Crippen LogP contribution in [0.4, 0.5) is 0 Å². The first kappa shape index (κ1) is 13.9. The van der Waals surface area contributed by atoms with Crippen LogP contribution in [0.1, 0.15) is 36.8 Å². The predicted molar refractivity (Wildman–Crippen MR) is 73.0 cm³/mol. The number of carbonyl (C=O) groups is 1. The minimum Gasteiger partial charge on any atom is -0.483 e. The molecule has 0 saturated heterocycles. The molecule has 0 aromatic heterocycles. The fourth-order valence-corrected chi connectivity index (χ4v) is 2.52. The van der Waals surface area contributed by atoms with Gasteiger partial charge < -0.3 is 15.2 Å². The van der Waals surface area contributed by atoms with Crippen molar-refractivity contribution in [1.82, 2.24) is 5.32 Å². The number of ether oxygens (including phenoxy) is 1. The van der Waals surface area contributed by atoms with E-state index in [1.165, 1.54) is 12.8 Å². The summed E-state index contributed by atoms with van der Waals surface area (Å²) < 4.78 is 5.56. The summed E-state index contributed by atoms with van der Waals surface area (Å²) in [6, 6.07) is 5.89. The van der Waals surface area contributed by atoms with Gasteiger partial charge in [0.15, 0.2) is 6.61 Å². The van der Waals surface area contributed by atoms with Crippen molar-refractivity contribution < 1.29 is 14.6 Å². The summed E-state index contributed by atoms with van der Waals surface area (Å²) in [6.07, 6.45) is 4.52. The number of carbonyl (C=O) groups excluding carboxylic acids is 1. The summed E-state index contributed by atoms with van der Waals surface area (Å²) in [4.78, 5) is 11.8. The molecule has 0 unspecified atom stereocenters. The van der Waals surface area contributed by atoms with Crippen molar-refractivity contribution in [2.24, 2.45) is 0 Å². The predicted octanol–water partition coefficient (Wildman–Crippen LogP) is 1.92. The zero-order valence-electron chi connectivity index (χ0n) is 11.3. The van der Waals surface area contributed by atoms with Crippen LogP contribution in [0.3, 0.4) is 0 Å². The second-order valence-electron chi connectivity index (χ2n) is 5.06. The number of nitrogens with one attached hydrogen (secondary N) is 1. The number of aliphatic hydroxyl groups is 1. The third-order valence-corrected chi connectivity index (χ3v) is 3.53. The number of aryl methyl sites for hydroxylation is 1. The molecule has 1 aliphatic carbocycles. The Morgan fingerprint density at radius 2 is 2.16 bits per heavy atom. The lowest BCUT2D eigenvalue weighted by atomic mass is 10.1. The summed E-state index contributed by atoms with van der Waals surface area (Å²) in [5.74, 6) is 0.533. The molecule has 0 atom stereocenters. The lowest BCUT2D eigenvalue weighted by molar-refractivity contribution is -0.123. The molecule has 1 fully saturated rings. The first-order chi connectivity index (χ1) is 9.20. The molecule has 104 valence electrons. The van der Waals surface area contributed by atoms with Crippen LogP contribution in [-0.4, -0.2) is 23.7 Å². The summed E-state index contributed by atoms with van der Waals surface area (Å²) in [5.41, 5.74) is 1.65. The molecular weight excluding hydrogens is 242 g/mol. The van der Waals surface area contributed by atoms with Crippen molar-refractivity contribution in [3.8, 4) is 5.75 Å². The highest BCUT2D eigenvalue weighted by Crippen LogP contribution is 2.23. The number of rotatable bonds is 5. The van der Waals surface area contributed by atoms with Crippen molar-refractivity contribution >= 4 is 5.91 Å². The first-order valence-corrected chi connectivity index (χ1v) is 6.82. The van der Waals surface area contributed by atoms with Gasteiger partial charge in [0.05, 0.1) is 6.61 Å². The van der Waals surface area contributed by atoms with Crippen LogP contribution in [0.2, 0.25) is 0 Å². The van der Waals surface area contributed by atoms with Crippen molar-refractivity contribution in [2.45, 2.75) is 45.3 Å². The van der Waals surface area contributed by atoms with E-state index in [0.29, 0.717) is 17.4 Å². The monoisotopic (exact) mass is 263 g/mol. The second-order valence-corrected chi connectivity index (χ2v) is 5.06. The SMILES string of the molecule is Cc1cccc(CO)c1OCC(=O)NC1CCCC1. The second kappa shape index (κ2) is 6.57. The average Bonchev–Trinajstić information content (AvgIpc) is 2.89. The van der Waals surface area contributed by atoms with Crippen molar-refractivity contribution in [3.63, 3.8) is 0 Å². The number of para-hydroxylation sites is 1. The molecule has 1 saturated carbocycles. The standard InChI is InChI=1S/C15H21NO3/c1-11-5-4-6-12(9-17)15(11)19-10-14(18)16-13-7-2-3-8-13/h4-6,13,17H,2-3,7-10H2,1H3,(H,16,18). The minimum atomic E-state index is -0.0842. The molecule has 1 aromatic carbocycles. The van der Waals surface area contributed by atoms with Crippen molar-refractivity contribution in [1.29, 1.82) is 0 Å². The Balaban J connectivity index is 1.89. The highest BCUT2D eigenvalue weighted by Gasteiger charge is 2.17. The van der Waals surface area contributed by atoms with Gasteiger partial charge in [-0.3, -0.25) is 4.79 Å². The van der Waals surface area contributed by atoms with Crippen LogP contribution in [-0.2, 0) is 11.4 Å². The van der Waals surface area contributed by atoms with Crippen LogP contribution in [0.5, 0.6) is 5.75 Å². The van der Waals surface area contributed by atoms with E-state index in [0.717, 1.165) is 18.4 Å². The molecule has 0 bridgehead atoms. The van der Waals surface area contributed by atoms with Gasteiger partial charge in [-0.25, -0.2) is 0 Å². The molecule has 0 heterocycles. The summed E-state index contributed by atoms with van der Waals surface area (Å²) >= 11 is 0.